The number of anilines is 1. The molecule has 0 spiro atoms. The van der Waals surface area contributed by atoms with Gasteiger partial charge in [-0.3, -0.25) is 4.79 Å². The Morgan fingerprint density at radius 1 is 1.15 bits per heavy atom. The van der Waals surface area contributed by atoms with Crippen molar-refractivity contribution in [3.63, 3.8) is 0 Å². The summed E-state index contributed by atoms with van der Waals surface area (Å²) in [6, 6.07) is 16.1. The predicted octanol–water partition coefficient (Wildman–Crippen LogP) is 4.55. The molecule has 5 rings (SSSR count). The lowest BCUT2D eigenvalue weighted by Gasteiger charge is -2.27. The quantitative estimate of drug-likeness (QED) is 0.452. The minimum absolute atomic E-state index is 0.0343. The number of nitrogens with zero attached hydrogens (tertiary/aromatic N) is 5. The summed E-state index contributed by atoms with van der Waals surface area (Å²) in [4.78, 5) is 13.1. The van der Waals surface area contributed by atoms with Crippen LogP contribution in [0.15, 0.2) is 60.8 Å². The fourth-order valence-corrected chi connectivity index (χ4v) is 4.37. The van der Waals surface area contributed by atoms with Crippen LogP contribution in [0.3, 0.4) is 0 Å². The number of aromatic nitrogens is 5. The summed E-state index contributed by atoms with van der Waals surface area (Å²) in [5.41, 5.74) is 3.75. The van der Waals surface area contributed by atoms with E-state index in [4.69, 9.17) is 0 Å². The summed E-state index contributed by atoms with van der Waals surface area (Å²) < 4.78 is 32.4. The van der Waals surface area contributed by atoms with E-state index in [1.165, 1.54) is 27.9 Å². The molecule has 1 amide bonds. The zero-order valence-electron chi connectivity index (χ0n) is 18.4. The largest absolute Gasteiger partial charge is 0.435 e. The van der Waals surface area contributed by atoms with Crippen molar-refractivity contribution >= 4 is 11.7 Å². The van der Waals surface area contributed by atoms with Crippen LogP contribution in [0.5, 0.6) is 5.75 Å². The summed E-state index contributed by atoms with van der Waals surface area (Å²) in [6.45, 7) is -1.18. The highest BCUT2D eigenvalue weighted by Gasteiger charge is 2.25. The number of rotatable bonds is 6. The smallest absolute Gasteiger partial charge is 0.387 e. The molecule has 0 saturated carbocycles. The van der Waals surface area contributed by atoms with Crippen LogP contribution >= 0.6 is 0 Å². The first-order chi connectivity index (χ1) is 16.5. The fourth-order valence-electron chi connectivity index (χ4n) is 4.37. The van der Waals surface area contributed by atoms with Gasteiger partial charge in [0.2, 0.25) is 0 Å². The van der Waals surface area contributed by atoms with E-state index in [1.807, 2.05) is 16.8 Å². The maximum absolute atomic E-state index is 13.1. The summed E-state index contributed by atoms with van der Waals surface area (Å²) in [5.74, 6) is 0.202. The number of amides is 1. The Morgan fingerprint density at radius 3 is 2.74 bits per heavy atom. The number of hydrogen-bond donors (Lipinski definition) is 1. The van der Waals surface area contributed by atoms with Gasteiger partial charge in [0.15, 0.2) is 5.69 Å². The first kappa shape index (κ1) is 21.7. The topological polar surface area (TPSA) is 86.9 Å². The van der Waals surface area contributed by atoms with Crippen LogP contribution in [0.4, 0.5) is 14.6 Å². The van der Waals surface area contributed by atoms with Crippen LogP contribution in [-0.4, -0.2) is 37.3 Å². The molecule has 1 N–H and O–H groups in total. The lowest BCUT2D eigenvalue weighted by Crippen LogP contribution is -2.23. The predicted molar refractivity (Wildman–Crippen MR) is 120 cm³/mol. The van der Waals surface area contributed by atoms with Crippen molar-refractivity contribution in [1.82, 2.24) is 24.8 Å². The van der Waals surface area contributed by atoms with E-state index in [-0.39, 0.29) is 17.5 Å². The fraction of sp³-hybridized carbons (Fsp3) is 0.250. The first-order valence-electron chi connectivity index (χ1n) is 10.9. The molecule has 0 fully saturated rings. The van der Waals surface area contributed by atoms with Crippen LogP contribution in [0.2, 0.25) is 0 Å². The zero-order chi connectivity index (χ0) is 23.7. The normalized spacial score (nSPS) is 15.2. The molecule has 2 heterocycles. The van der Waals surface area contributed by atoms with Crippen molar-refractivity contribution in [3.05, 3.63) is 83.3 Å². The van der Waals surface area contributed by atoms with Crippen molar-refractivity contribution in [2.75, 3.05) is 5.32 Å². The Balaban J connectivity index is 1.36. The van der Waals surface area contributed by atoms with Crippen LogP contribution < -0.4 is 10.1 Å². The lowest BCUT2D eigenvalue weighted by molar-refractivity contribution is -0.0498. The van der Waals surface area contributed by atoms with Gasteiger partial charge < -0.3 is 10.1 Å². The molecule has 0 aliphatic heterocycles. The van der Waals surface area contributed by atoms with Crippen LogP contribution in [0.25, 0.3) is 5.69 Å². The number of carbonyl (C=O) groups excluding carboxylic acids is 1. The molecule has 34 heavy (non-hydrogen) atoms. The summed E-state index contributed by atoms with van der Waals surface area (Å²) in [7, 11) is 0. The van der Waals surface area contributed by atoms with Gasteiger partial charge >= 0.3 is 6.61 Å². The van der Waals surface area contributed by atoms with Gasteiger partial charge in [0.05, 0.1) is 23.6 Å². The maximum Gasteiger partial charge on any atom is 0.387 e. The van der Waals surface area contributed by atoms with Crippen LogP contribution in [-0.2, 0) is 6.42 Å². The number of alkyl halides is 2. The number of ether oxygens (including phenoxy) is 1. The van der Waals surface area contributed by atoms with E-state index >= 15 is 0 Å². The molecule has 2 aromatic heterocycles. The third-order valence-electron chi connectivity index (χ3n) is 5.96. The zero-order valence-corrected chi connectivity index (χ0v) is 18.4. The van der Waals surface area contributed by atoms with E-state index in [2.05, 4.69) is 37.6 Å². The maximum atomic E-state index is 13.1. The van der Waals surface area contributed by atoms with Gasteiger partial charge in [0.25, 0.3) is 5.91 Å². The highest BCUT2D eigenvalue weighted by Crippen LogP contribution is 2.34. The molecule has 1 aliphatic rings. The molecule has 10 heteroatoms. The molecule has 174 valence electrons. The molecule has 1 aliphatic carbocycles. The average molecular weight is 464 g/mol. The number of aryl methyl sites for hydroxylation is 1. The van der Waals surface area contributed by atoms with E-state index in [9.17, 15) is 13.6 Å². The standard InChI is InChI=1S/C24H22F2N6O2/c1-15-22(29-30-31(15)17-9-11-18(12-10-17)34-24(25)26)23(33)28-21-13-14-27-32(21)20-8-4-6-16-5-2-3-7-19(16)20/h2-3,5,7,9-14,20,24H,4,6,8H2,1H3,(H,28,33). The summed E-state index contributed by atoms with van der Waals surface area (Å²) in [5, 5.41) is 15.5. The molecule has 1 unspecified atom stereocenters. The Kier molecular flexibility index (Phi) is 5.79. The molecule has 4 aromatic rings. The molecule has 1 atom stereocenters. The molecular weight excluding hydrogens is 442 g/mol. The Hall–Kier alpha value is -4.08. The summed E-state index contributed by atoms with van der Waals surface area (Å²) >= 11 is 0. The third-order valence-corrected chi connectivity index (χ3v) is 5.96. The second-order valence-corrected chi connectivity index (χ2v) is 8.03. The van der Waals surface area contributed by atoms with E-state index in [0.717, 1.165) is 19.3 Å². The Morgan fingerprint density at radius 2 is 1.94 bits per heavy atom. The summed E-state index contributed by atoms with van der Waals surface area (Å²) in [6.07, 6.45) is 4.68. The second kappa shape index (κ2) is 9.05. The van der Waals surface area contributed by atoms with Crippen molar-refractivity contribution in [2.24, 2.45) is 0 Å². The second-order valence-electron chi connectivity index (χ2n) is 8.03. The molecule has 2 aromatic carbocycles. The highest BCUT2D eigenvalue weighted by atomic mass is 19.3. The van der Waals surface area contributed by atoms with Gasteiger partial charge in [0, 0.05) is 6.07 Å². The lowest BCUT2D eigenvalue weighted by atomic mass is 9.88. The third kappa shape index (κ3) is 4.14. The highest BCUT2D eigenvalue weighted by molar-refractivity contribution is 6.03. The van der Waals surface area contributed by atoms with Crippen molar-refractivity contribution in [2.45, 2.75) is 38.8 Å². The Bertz CT molecular complexity index is 1320. The minimum atomic E-state index is -2.90. The number of carbonyl (C=O) groups is 1. The number of halogens is 2. The molecule has 0 bridgehead atoms. The number of hydrogen-bond acceptors (Lipinski definition) is 5. The van der Waals surface area contributed by atoms with E-state index < -0.39 is 12.5 Å². The SMILES string of the molecule is Cc1c(C(=O)Nc2ccnn2C2CCCc3ccccc32)nnn1-c1ccc(OC(F)F)cc1. The Labute approximate surface area is 194 Å². The average Bonchev–Trinajstić information content (AvgIpc) is 3.45. The van der Waals surface area contributed by atoms with Crippen molar-refractivity contribution in [3.8, 4) is 11.4 Å². The van der Waals surface area contributed by atoms with Gasteiger partial charge in [-0.25, -0.2) is 9.36 Å². The molecular formula is C24H22F2N6O2. The number of nitrogens with one attached hydrogen (secondary N) is 1. The van der Waals surface area contributed by atoms with Gasteiger partial charge in [-0.05, 0) is 61.6 Å². The van der Waals surface area contributed by atoms with Gasteiger partial charge in [-0.2, -0.15) is 13.9 Å². The van der Waals surface area contributed by atoms with Crippen molar-refractivity contribution < 1.29 is 18.3 Å². The van der Waals surface area contributed by atoms with Gasteiger partial charge in [0.1, 0.15) is 11.6 Å². The first-order valence-corrected chi connectivity index (χ1v) is 10.9. The van der Waals surface area contributed by atoms with Gasteiger partial charge in [-0.1, -0.05) is 29.5 Å². The number of fused-ring (bicyclic) bond motifs is 1. The van der Waals surface area contributed by atoms with Crippen LogP contribution in [0.1, 0.15) is 46.2 Å². The molecule has 0 radical (unpaired) electrons. The van der Waals surface area contributed by atoms with E-state index in [0.29, 0.717) is 17.2 Å². The molecule has 0 saturated heterocycles. The van der Waals surface area contributed by atoms with Gasteiger partial charge in [-0.15, -0.1) is 5.10 Å². The van der Waals surface area contributed by atoms with Crippen LogP contribution in [0, 0.1) is 6.92 Å². The van der Waals surface area contributed by atoms with Crippen molar-refractivity contribution in [1.29, 1.82) is 0 Å². The minimum Gasteiger partial charge on any atom is -0.435 e. The van der Waals surface area contributed by atoms with E-state index in [1.54, 1.807) is 31.3 Å². The number of benzene rings is 2. The monoisotopic (exact) mass is 464 g/mol. The molecule has 8 nitrogen and oxygen atoms in total.